The fraction of sp³-hybridized carbons (Fsp3) is 0.472. The normalized spacial score (nSPS) is 28.7. The summed E-state index contributed by atoms with van der Waals surface area (Å²) in [6.07, 6.45) is 7.61. The molecule has 1 unspecified atom stereocenters. The van der Waals surface area contributed by atoms with Crippen LogP contribution in [-0.4, -0.2) is 19.1 Å². The van der Waals surface area contributed by atoms with Crippen LogP contribution in [0.5, 0.6) is 5.75 Å². The highest BCUT2D eigenvalue weighted by Gasteiger charge is 2.58. The zero-order valence-corrected chi connectivity index (χ0v) is 24.0. The molecule has 6 atom stereocenters. The quantitative estimate of drug-likeness (QED) is 0.308. The summed E-state index contributed by atoms with van der Waals surface area (Å²) in [5, 5.41) is 2.85. The van der Waals surface area contributed by atoms with Crippen molar-refractivity contribution in [3.8, 4) is 5.75 Å². The van der Waals surface area contributed by atoms with Gasteiger partial charge in [-0.25, -0.2) is 0 Å². The van der Waals surface area contributed by atoms with E-state index in [-0.39, 0.29) is 17.4 Å². The molecule has 1 amide bonds. The summed E-state index contributed by atoms with van der Waals surface area (Å²) in [4.78, 5) is 12.4. The molecular formula is C36H43NO3. The van der Waals surface area contributed by atoms with Crippen molar-refractivity contribution in [3.05, 3.63) is 101 Å². The second kappa shape index (κ2) is 11.8. The lowest BCUT2D eigenvalue weighted by molar-refractivity contribution is -0.121. The number of hydrogen-bond donors (Lipinski definition) is 1. The molecule has 6 rings (SSSR count). The Hall–Kier alpha value is -3.11. The average molecular weight is 538 g/mol. The van der Waals surface area contributed by atoms with Crippen molar-refractivity contribution in [2.75, 3.05) is 7.05 Å². The van der Waals surface area contributed by atoms with Crippen molar-refractivity contribution in [1.82, 2.24) is 5.32 Å². The number of benzene rings is 3. The number of ether oxygens (including phenoxy) is 2. The van der Waals surface area contributed by atoms with Crippen LogP contribution >= 0.6 is 0 Å². The van der Waals surface area contributed by atoms with Crippen LogP contribution < -0.4 is 10.1 Å². The van der Waals surface area contributed by atoms with E-state index in [4.69, 9.17) is 9.47 Å². The van der Waals surface area contributed by atoms with Crippen molar-refractivity contribution in [2.24, 2.45) is 23.2 Å². The third-order valence-electron chi connectivity index (χ3n) is 10.3. The van der Waals surface area contributed by atoms with Gasteiger partial charge in [0.15, 0.2) is 0 Å². The number of carbonyl (C=O) groups is 1. The van der Waals surface area contributed by atoms with E-state index >= 15 is 0 Å². The van der Waals surface area contributed by atoms with Crippen LogP contribution in [0.3, 0.4) is 0 Å². The van der Waals surface area contributed by atoms with Crippen LogP contribution in [0, 0.1) is 23.2 Å². The molecule has 0 aliphatic heterocycles. The van der Waals surface area contributed by atoms with Crippen molar-refractivity contribution in [3.63, 3.8) is 0 Å². The summed E-state index contributed by atoms with van der Waals surface area (Å²) >= 11 is 0. The summed E-state index contributed by atoms with van der Waals surface area (Å²) < 4.78 is 12.9. The smallest absolute Gasteiger partial charge is 0.219 e. The number of hydrogen-bond acceptors (Lipinski definition) is 3. The van der Waals surface area contributed by atoms with Crippen LogP contribution in [-0.2, 0) is 29.2 Å². The molecule has 1 N–H and O–H groups in total. The van der Waals surface area contributed by atoms with E-state index in [0.717, 1.165) is 31.4 Å². The second-order valence-corrected chi connectivity index (χ2v) is 12.5. The molecule has 4 nitrogen and oxygen atoms in total. The Bertz CT molecular complexity index is 1290. The summed E-state index contributed by atoms with van der Waals surface area (Å²) in [7, 11) is 1.75. The molecule has 4 heteroatoms. The second-order valence-electron chi connectivity index (χ2n) is 12.5. The Morgan fingerprint density at radius 3 is 2.38 bits per heavy atom. The van der Waals surface area contributed by atoms with Gasteiger partial charge < -0.3 is 14.8 Å². The highest BCUT2D eigenvalue weighted by molar-refractivity contribution is 5.75. The van der Waals surface area contributed by atoms with Gasteiger partial charge in [0.2, 0.25) is 5.91 Å². The summed E-state index contributed by atoms with van der Waals surface area (Å²) in [5.41, 5.74) is 5.53. The predicted molar refractivity (Wildman–Crippen MR) is 159 cm³/mol. The standard InChI is InChI=1S/C36H43NO3/c1-36-22-28(14-20-34(38)37-2)35-30-17-15-29(39-23-25-9-5-3-6-10-25)21-27(30)13-16-31(35)32(36)18-19-33(36)40-24-26-11-7-4-8-12-26/h3-12,15,17,21,28,31-33,35H,13-14,16,18-20,22-24H2,1-2H3,(H,37,38)/t28-,31-,32-,33?,35+,36-/m0/s1. The maximum atomic E-state index is 12.4. The van der Waals surface area contributed by atoms with Gasteiger partial charge in [0.25, 0.3) is 0 Å². The van der Waals surface area contributed by atoms with Crippen LogP contribution in [0.4, 0.5) is 0 Å². The van der Waals surface area contributed by atoms with Crippen molar-refractivity contribution >= 4 is 5.91 Å². The van der Waals surface area contributed by atoms with Crippen LogP contribution in [0.25, 0.3) is 0 Å². The Morgan fingerprint density at radius 1 is 0.925 bits per heavy atom. The number of amides is 1. The van der Waals surface area contributed by atoms with E-state index in [9.17, 15) is 4.79 Å². The molecule has 0 saturated heterocycles. The maximum absolute atomic E-state index is 12.4. The minimum atomic E-state index is 0.146. The first-order valence-electron chi connectivity index (χ1n) is 15.2. The van der Waals surface area contributed by atoms with Gasteiger partial charge in [-0.05, 0) is 102 Å². The average Bonchev–Trinajstić information content (AvgIpc) is 3.33. The topological polar surface area (TPSA) is 47.6 Å². The molecule has 0 heterocycles. The SMILES string of the molecule is CNC(=O)CC[C@H]1C[C@]2(C)C(OCc3ccccc3)CC[C@H]2[C@@H]2CCc3cc(OCc4ccccc4)ccc3[C@@H]12. The molecule has 3 aliphatic carbocycles. The minimum absolute atomic E-state index is 0.146. The molecule has 3 aliphatic rings. The fourth-order valence-electron chi connectivity index (χ4n) is 8.42. The highest BCUT2D eigenvalue weighted by atomic mass is 16.5. The van der Waals surface area contributed by atoms with Gasteiger partial charge in [-0.3, -0.25) is 4.79 Å². The van der Waals surface area contributed by atoms with Crippen molar-refractivity contribution in [1.29, 1.82) is 0 Å². The van der Waals surface area contributed by atoms with Crippen molar-refractivity contribution < 1.29 is 14.3 Å². The number of nitrogens with one attached hydrogen (secondary N) is 1. The predicted octanol–water partition coefficient (Wildman–Crippen LogP) is 7.46. The molecule has 0 radical (unpaired) electrons. The van der Waals surface area contributed by atoms with Gasteiger partial charge in [0.05, 0.1) is 12.7 Å². The lowest BCUT2D eigenvalue weighted by Gasteiger charge is -2.54. The van der Waals surface area contributed by atoms with E-state index in [1.54, 1.807) is 7.05 Å². The lowest BCUT2D eigenvalue weighted by atomic mass is 9.51. The zero-order valence-electron chi connectivity index (χ0n) is 24.0. The van der Waals surface area contributed by atoms with E-state index in [0.29, 0.717) is 43.3 Å². The monoisotopic (exact) mass is 537 g/mol. The van der Waals surface area contributed by atoms with E-state index in [1.165, 1.54) is 35.1 Å². The molecule has 2 fully saturated rings. The number of aryl methyl sites for hydroxylation is 1. The van der Waals surface area contributed by atoms with Gasteiger partial charge in [0.1, 0.15) is 12.4 Å². The minimum Gasteiger partial charge on any atom is -0.489 e. The van der Waals surface area contributed by atoms with Gasteiger partial charge in [-0.1, -0.05) is 73.7 Å². The third kappa shape index (κ3) is 5.43. The van der Waals surface area contributed by atoms with Gasteiger partial charge in [-0.15, -0.1) is 0 Å². The Balaban J connectivity index is 1.23. The molecule has 0 bridgehead atoms. The first kappa shape index (κ1) is 27.1. The first-order valence-corrected chi connectivity index (χ1v) is 15.2. The van der Waals surface area contributed by atoms with Gasteiger partial charge in [-0.2, -0.15) is 0 Å². The Kier molecular flexibility index (Phi) is 7.98. The Labute approximate surface area is 239 Å². The summed E-state index contributed by atoms with van der Waals surface area (Å²) in [6.45, 7) is 3.77. The van der Waals surface area contributed by atoms with Crippen LogP contribution in [0.15, 0.2) is 78.9 Å². The van der Waals surface area contributed by atoms with E-state index in [2.05, 4.69) is 85.0 Å². The zero-order chi connectivity index (χ0) is 27.5. The number of rotatable bonds is 9. The third-order valence-corrected chi connectivity index (χ3v) is 10.3. The lowest BCUT2D eigenvalue weighted by Crippen LogP contribution is -2.48. The summed E-state index contributed by atoms with van der Waals surface area (Å²) in [6, 6.07) is 27.8. The Morgan fingerprint density at radius 2 is 1.65 bits per heavy atom. The number of fused-ring (bicyclic) bond motifs is 5. The molecule has 2 saturated carbocycles. The fourth-order valence-corrected chi connectivity index (χ4v) is 8.42. The molecule has 3 aromatic carbocycles. The van der Waals surface area contributed by atoms with E-state index in [1.807, 2.05) is 6.07 Å². The molecule has 40 heavy (non-hydrogen) atoms. The van der Waals surface area contributed by atoms with Gasteiger partial charge >= 0.3 is 0 Å². The largest absolute Gasteiger partial charge is 0.489 e. The first-order chi connectivity index (χ1) is 19.5. The molecule has 0 aromatic heterocycles. The molecule has 3 aromatic rings. The molecule has 0 spiro atoms. The summed E-state index contributed by atoms with van der Waals surface area (Å²) in [5.74, 6) is 3.38. The highest BCUT2D eigenvalue weighted by Crippen LogP contribution is 2.64. The van der Waals surface area contributed by atoms with Crippen LogP contribution in [0.2, 0.25) is 0 Å². The molecule has 210 valence electrons. The maximum Gasteiger partial charge on any atom is 0.219 e. The van der Waals surface area contributed by atoms with Gasteiger partial charge in [0, 0.05) is 13.5 Å². The number of carbonyl (C=O) groups excluding carboxylic acids is 1. The van der Waals surface area contributed by atoms with Crippen LogP contribution in [0.1, 0.15) is 73.6 Å². The van der Waals surface area contributed by atoms with Crippen molar-refractivity contribution in [2.45, 2.75) is 77.1 Å². The molecular weight excluding hydrogens is 494 g/mol. The van der Waals surface area contributed by atoms with E-state index < -0.39 is 0 Å².